The van der Waals surface area contributed by atoms with Gasteiger partial charge in [-0.3, -0.25) is 18.8 Å². The van der Waals surface area contributed by atoms with Crippen molar-refractivity contribution in [2.24, 2.45) is 7.05 Å². The summed E-state index contributed by atoms with van der Waals surface area (Å²) >= 11 is 0. The van der Waals surface area contributed by atoms with Crippen LogP contribution in [0.2, 0.25) is 0 Å². The summed E-state index contributed by atoms with van der Waals surface area (Å²) in [5, 5.41) is 12.0. The number of aromatic nitrogens is 6. The summed E-state index contributed by atoms with van der Waals surface area (Å²) in [5.74, 6) is 5.52. The maximum Gasteiger partial charge on any atom is 0.264 e. The molecule has 0 radical (unpaired) electrons. The van der Waals surface area contributed by atoms with E-state index in [1.54, 1.807) is 80.6 Å². The average Bonchev–Trinajstić information content (AvgIpc) is 3.59. The monoisotopic (exact) mass is 532 g/mol. The molecule has 0 unspecified atom stereocenters. The Morgan fingerprint density at radius 3 is 2.70 bits per heavy atom. The molecule has 1 amide bonds. The normalized spacial score (nSPS) is 13.5. The number of hydrogen-bond acceptors (Lipinski definition) is 5. The molecule has 6 aromatic rings. The number of hydrogen-bond donors (Lipinski definition) is 1. The van der Waals surface area contributed by atoms with Crippen molar-refractivity contribution in [1.82, 2.24) is 34.3 Å². The predicted molar refractivity (Wildman–Crippen MR) is 152 cm³/mol. The van der Waals surface area contributed by atoms with Crippen molar-refractivity contribution in [1.29, 1.82) is 0 Å². The molecule has 0 aliphatic rings. The summed E-state index contributed by atoms with van der Waals surface area (Å²) < 4.78 is 46.1. The average molecular weight is 533 g/mol. The van der Waals surface area contributed by atoms with Gasteiger partial charge in [-0.1, -0.05) is 36.2 Å². The lowest BCUT2D eigenvalue weighted by Gasteiger charge is -2.21. The molecule has 4 aromatic heterocycles. The molecule has 0 saturated carbocycles. The zero-order chi connectivity index (χ0) is 32.2. The van der Waals surface area contributed by atoms with Gasteiger partial charge in [0.1, 0.15) is 11.3 Å². The van der Waals surface area contributed by atoms with E-state index in [0.29, 0.717) is 28.0 Å². The number of benzene rings is 2. The fourth-order valence-corrected chi connectivity index (χ4v) is 4.62. The van der Waals surface area contributed by atoms with Crippen LogP contribution in [0.3, 0.4) is 0 Å². The second kappa shape index (κ2) is 10.0. The van der Waals surface area contributed by atoms with E-state index in [4.69, 9.17) is 6.85 Å². The van der Waals surface area contributed by atoms with Gasteiger partial charge in [0.15, 0.2) is 5.65 Å². The van der Waals surface area contributed by atoms with Crippen molar-refractivity contribution in [3.05, 3.63) is 124 Å². The highest BCUT2D eigenvalue weighted by atomic mass is 16.2. The lowest BCUT2D eigenvalue weighted by Crippen LogP contribution is -2.32. The fraction of sp³-hybridized carbons (Fsp3) is 0.129. The molecule has 9 nitrogen and oxygen atoms in total. The Morgan fingerprint density at radius 2 is 1.93 bits per heavy atom. The van der Waals surface area contributed by atoms with E-state index in [-0.39, 0.29) is 22.3 Å². The Hall–Kier alpha value is -5.49. The van der Waals surface area contributed by atoms with E-state index in [1.807, 2.05) is 0 Å². The zero-order valence-electron chi connectivity index (χ0n) is 26.8. The molecule has 1 N–H and O–H groups in total. The summed E-state index contributed by atoms with van der Waals surface area (Å²) in [7, 11) is 1.74. The van der Waals surface area contributed by atoms with E-state index >= 15 is 0 Å². The number of aryl methyl sites for hydroxylation is 2. The Kier molecular flexibility index (Phi) is 4.89. The van der Waals surface area contributed by atoms with Gasteiger partial charge in [0, 0.05) is 36.4 Å². The van der Waals surface area contributed by atoms with Crippen LogP contribution in [0.25, 0.3) is 22.1 Å². The molecule has 196 valence electrons. The van der Waals surface area contributed by atoms with Gasteiger partial charge in [-0.2, -0.15) is 10.2 Å². The molecule has 4 heterocycles. The van der Waals surface area contributed by atoms with Crippen LogP contribution in [-0.4, -0.2) is 34.9 Å². The van der Waals surface area contributed by atoms with Crippen LogP contribution in [0.4, 0.5) is 0 Å². The number of fused-ring (bicyclic) bond motifs is 2. The SMILES string of the molecule is [2H]c1c([2H])c([2H])c(-n2c([C@H](C)NC(=O)c3c(C)nn4cccnc34)cc3cccc(C#Cc4ccnn4C)c3c2=O)c([2H])c1[2H]. The van der Waals surface area contributed by atoms with Gasteiger partial charge in [-0.15, -0.1) is 0 Å². The van der Waals surface area contributed by atoms with Gasteiger partial charge < -0.3 is 5.32 Å². The molecule has 1 atom stereocenters. The molecule has 6 rings (SSSR count). The minimum Gasteiger partial charge on any atom is -0.344 e. The molecular weight excluding hydrogens is 502 g/mol. The van der Waals surface area contributed by atoms with Gasteiger partial charge in [0.05, 0.1) is 30.2 Å². The van der Waals surface area contributed by atoms with Crippen LogP contribution in [0.5, 0.6) is 0 Å². The first-order valence-electron chi connectivity index (χ1n) is 14.9. The summed E-state index contributed by atoms with van der Waals surface area (Å²) in [4.78, 5) is 32.4. The van der Waals surface area contributed by atoms with Gasteiger partial charge in [0.2, 0.25) is 0 Å². The molecule has 40 heavy (non-hydrogen) atoms. The zero-order valence-corrected chi connectivity index (χ0v) is 21.8. The Bertz CT molecular complexity index is 2280. The van der Waals surface area contributed by atoms with Crippen LogP contribution in [0.1, 0.15) is 52.8 Å². The summed E-state index contributed by atoms with van der Waals surface area (Å²) in [6.45, 7) is 3.33. The Labute approximate surface area is 236 Å². The highest BCUT2D eigenvalue weighted by Gasteiger charge is 2.23. The summed E-state index contributed by atoms with van der Waals surface area (Å²) in [6, 6.07) is 6.39. The minimum atomic E-state index is -0.880. The molecule has 0 fully saturated rings. The summed E-state index contributed by atoms with van der Waals surface area (Å²) in [5.41, 5.74) is 1.21. The number of rotatable bonds is 4. The molecule has 9 heteroatoms. The number of pyridine rings is 1. The standard InChI is InChI=1S/C31H25N7O2/c1-20(34-30(39)27-21(2)35-37-18-8-16-32-29(27)37)26-19-23-10-7-9-22(13-14-24-15-17-33-36(24)3)28(23)31(40)38(26)25-11-5-4-6-12-25/h4-12,15-20H,1-3H3,(H,34,39)/t20-/m0/s1/i4D,5D,6D,11D,12D. The lowest BCUT2D eigenvalue weighted by atomic mass is 10.0. The molecule has 0 bridgehead atoms. The second-order valence-electron chi connectivity index (χ2n) is 9.09. The molecule has 0 spiro atoms. The van der Waals surface area contributed by atoms with Crippen molar-refractivity contribution in [2.75, 3.05) is 0 Å². The Morgan fingerprint density at radius 1 is 1.10 bits per heavy atom. The Balaban J connectivity index is 1.59. The van der Waals surface area contributed by atoms with E-state index in [1.165, 1.54) is 4.52 Å². The fourth-order valence-electron chi connectivity index (χ4n) is 4.62. The second-order valence-corrected chi connectivity index (χ2v) is 9.09. The van der Waals surface area contributed by atoms with Crippen LogP contribution in [0, 0.1) is 18.8 Å². The van der Waals surface area contributed by atoms with Crippen LogP contribution in [0.15, 0.2) is 90.0 Å². The third-order valence-corrected chi connectivity index (χ3v) is 6.52. The van der Waals surface area contributed by atoms with Crippen molar-refractivity contribution in [2.45, 2.75) is 19.9 Å². The van der Waals surface area contributed by atoms with E-state index in [0.717, 1.165) is 4.57 Å². The highest BCUT2D eigenvalue weighted by molar-refractivity contribution is 6.01. The largest absolute Gasteiger partial charge is 0.344 e. The molecule has 2 aromatic carbocycles. The van der Waals surface area contributed by atoms with Gasteiger partial charge >= 0.3 is 0 Å². The number of para-hydroxylation sites is 1. The smallest absolute Gasteiger partial charge is 0.264 e. The van der Waals surface area contributed by atoms with Crippen molar-refractivity contribution in [3.8, 4) is 17.5 Å². The molecular formula is C31H25N7O2. The lowest BCUT2D eigenvalue weighted by molar-refractivity contribution is 0.0939. The minimum absolute atomic E-state index is 0.184. The third-order valence-electron chi connectivity index (χ3n) is 6.52. The van der Waals surface area contributed by atoms with Crippen molar-refractivity contribution < 1.29 is 11.6 Å². The van der Waals surface area contributed by atoms with Crippen LogP contribution >= 0.6 is 0 Å². The first-order chi connectivity index (χ1) is 21.5. The topological polar surface area (TPSA) is 99.1 Å². The first kappa shape index (κ1) is 19.6. The van der Waals surface area contributed by atoms with Gasteiger partial charge in [-0.25, -0.2) is 9.50 Å². The van der Waals surface area contributed by atoms with E-state index in [9.17, 15) is 9.59 Å². The number of amides is 1. The third kappa shape index (κ3) is 4.31. The number of carbonyl (C=O) groups is 1. The first-order valence-corrected chi connectivity index (χ1v) is 12.4. The number of nitrogens with one attached hydrogen (secondary N) is 1. The molecule has 0 aliphatic carbocycles. The number of carbonyl (C=O) groups excluding carboxylic acids is 1. The number of nitrogens with zero attached hydrogens (tertiary/aromatic N) is 6. The maximum absolute atomic E-state index is 14.5. The predicted octanol–water partition coefficient (Wildman–Crippen LogP) is 3.97. The van der Waals surface area contributed by atoms with Gasteiger partial charge in [0.25, 0.3) is 11.5 Å². The van der Waals surface area contributed by atoms with Crippen LogP contribution in [-0.2, 0) is 7.05 Å². The maximum atomic E-state index is 14.5. The van der Waals surface area contributed by atoms with Crippen LogP contribution < -0.4 is 10.9 Å². The van der Waals surface area contributed by atoms with E-state index < -0.39 is 47.7 Å². The quantitative estimate of drug-likeness (QED) is 0.347. The van der Waals surface area contributed by atoms with E-state index in [2.05, 4.69) is 32.3 Å². The molecule has 0 aliphatic heterocycles. The summed E-state index contributed by atoms with van der Waals surface area (Å²) in [6.07, 6.45) is 4.82. The van der Waals surface area contributed by atoms with Crippen molar-refractivity contribution >= 4 is 22.3 Å². The van der Waals surface area contributed by atoms with Gasteiger partial charge in [-0.05, 0) is 61.5 Å². The van der Waals surface area contributed by atoms with Crippen molar-refractivity contribution in [3.63, 3.8) is 0 Å². The highest BCUT2D eigenvalue weighted by Crippen LogP contribution is 2.24. The molecule has 0 saturated heterocycles.